The second-order valence-electron chi connectivity index (χ2n) is 8.65. The lowest BCUT2D eigenvalue weighted by molar-refractivity contribution is 0.130. The zero-order valence-corrected chi connectivity index (χ0v) is 18.0. The summed E-state index contributed by atoms with van der Waals surface area (Å²) in [4.78, 5) is 1.26. The quantitative estimate of drug-likeness (QED) is 0.506. The molecule has 0 atom stereocenters. The van der Waals surface area contributed by atoms with Crippen LogP contribution in [0.1, 0.15) is 65.2 Å². The van der Waals surface area contributed by atoms with Gasteiger partial charge in [-0.25, -0.2) is 0 Å². The van der Waals surface area contributed by atoms with Crippen molar-refractivity contribution in [2.45, 2.75) is 70.1 Å². The summed E-state index contributed by atoms with van der Waals surface area (Å²) in [5, 5.41) is 0. The Hall–Kier alpha value is -1.67. The van der Waals surface area contributed by atoms with Gasteiger partial charge in [-0.1, -0.05) is 57.2 Å². The van der Waals surface area contributed by atoms with E-state index in [0.29, 0.717) is 0 Å². The van der Waals surface area contributed by atoms with Crippen LogP contribution in [0.15, 0.2) is 53.4 Å². The second-order valence-corrected chi connectivity index (χ2v) is 9.70. The Labute approximate surface area is 163 Å². The lowest BCUT2D eigenvalue weighted by atomic mass is 9.87. The summed E-state index contributed by atoms with van der Waals surface area (Å²) in [6, 6.07) is 15.5. The van der Waals surface area contributed by atoms with E-state index in [-0.39, 0.29) is 11.0 Å². The predicted molar refractivity (Wildman–Crippen MR) is 116 cm³/mol. The van der Waals surface area contributed by atoms with Crippen molar-refractivity contribution < 1.29 is 4.74 Å². The third-order valence-electron chi connectivity index (χ3n) is 3.97. The van der Waals surface area contributed by atoms with Gasteiger partial charge in [-0.3, -0.25) is 0 Å². The van der Waals surface area contributed by atoms with Gasteiger partial charge in [0.05, 0.1) is 0 Å². The van der Waals surface area contributed by atoms with Gasteiger partial charge >= 0.3 is 0 Å². The van der Waals surface area contributed by atoms with Crippen LogP contribution in [0.4, 0.5) is 0 Å². The summed E-state index contributed by atoms with van der Waals surface area (Å²) in [6.07, 6.45) is 4.17. The van der Waals surface area contributed by atoms with Crippen LogP contribution in [-0.4, -0.2) is 5.60 Å². The summed E-state index contributed by atoms with van der Waals surface area (Å²) < 4.78 is 6.09. The van der Waals surface area contributed by atoms with Crippen molar-refractivity contribution in [3.63, 3.8) is 0 Å². The monoisotopic (exact) mass is 368 g/mol. The number of thioether (sulfide) groups is 1. The van der Waals surface area contributed by atoms with Gasteiger partial charge in [-0.05, 0) is 62.4 Å². The molecule has 0 unspecified atom stereocenters. The van der Waals surface area contributed by atoms with Crippen LogP contribution in [0.25, 0.3) is 6.08 Å². The molecule has 0 radical (unpaired) electrons. The first-order chi connectivity index (χ1) is 12.1. The van der Waals surface area contributed by atoms with Crippen molar-refractivity contribution in [2.24, 2.45) is 0 Å². The molecular weight excluding hydrogens is 336 g/mol. The smallest absolute Gasteiger partial charge is 0.127 e. The van der Waals surface area contributed by atoms with E-state index in [2.05, 4.69) is 96.2 Å². The molecule has 2 heteroatoms. The van der Waals surface area contributed by atoms with E-state index >= 15 is 0 Å². The van der Waals surface area contributed by atoms with Crippen LogP contribution in [0.2, 0.25) is 0 Å². The number of allylic oxidation sites excluding steroid dienone is 1. The molecule has 0 fully saturated rings. The van der Waals surface area contributed by atoms with E-state index in [1.807, 2.05) is 18.7 Å². The maximum atomic E-state index is 6.09. The van der Waals surface area contributed by atoms with Crippen molar-refractivity contribution in [3.8, 4) is 5.75 Å². The molecule has 2 aromatic rings. The summed E-state index contributed by atoms with van der Waals surface area (Å²) in [6.45, 7) is 15.0. The molecule has 0 amide bonds. The van der Waals surface area contributed by atoms with Gasteiger partial charge in [0, 0.05) is 16.2 Å². The highest BCUT2D eigenvalue weighted by Gasteiger charge is 2.15. The summed E-state index contributed by atoms with van der Waals surface area (Å²) >= 11 is 1.86. The first-order valence-electron chi connectivity index (χ1n) is 9.26. The molecule has 0 N–H and O–H groups in total. The number of hydrogen-bond donors (Lipinski definition) is 0. The molecule has 140 valence electrons. The Balaban J connectivity index is 2.11. The molecule has 0 bridgehead atoms. The van der Waals surface area contributed by atoms with Crippen molar-refractivity contribution >= 4 is 17.8 Å². The van der Waals surface area contributed by atoms with Crippen molar-refractivity contribution in [1.82, 2.24) is 0 Å². The highest BCUT2D eigenvalue weighted by atomic mass is 32.2. The van der Waals surface area contributed by atoms with Crippen molar-refractivity contribution in [2.75, 3.05) is 0 Å². The Bertz CT molecular complexity index is 743. The number of rotatable bonds is 5. The average molecular weight is 369 g/mol. The fourth-order valence-corrected chi connectivity index (χ4v) is 3.52. The fraction of sp³-hybridized carbons (Fsp3) is 0.417. The number of benzene rings is 2. The minimum atomic E-state index is -0.195. The summed E-state index contributed by atoms with van der Waals surface area (Å²) in [5.74, 6) is 1.91. The molecule has 0 saturated carbocycles. The lowest BCUT2D eigenvalue weighted by Crippen LogP contribution is -2.23. The van der Waals surface area contributed by atoms with Gasteiger partial charge in [-0.15, -0.1) is 11.8 Å². The highest BCUT2D eigenvalue weighted by Crippen LogP contribution is 2.31. The maximum Gasteiger partial charge on any atom is 0.127 e. The van der Waals surface area contributed by atoms with Crippen LogP contribution in [0.5, 0.6) is 5.75 Å². The van der Waals surface area contributed by atoms with E-state index in [0.717, 1.165) is 17.1 Å². The molecule has 0 saturated heterocycles. The second kappa shape index (κ2) is 8.35. The third kappa shape index (κ3) is 6.25. The molecule has 26 heavy (non-hydrogen) atoms. The van der Waals surface area contributed by atoms with E-state index in [1.165, 1.54) is 16.0 Å². The molecule has 0 aliphatic rings. The van der Waals surface area contributed by atoms with Gasteiger partial charge < -0.3 is 4.74 Å². The summed E-state index contributed by atoms with van der Waals surface area (Å²) in [7, 11) is 0. The van der Waals surface area contributed by atoms with Gasteiger partial charge in [0.2, 0.25) is 0 Å². The largest absolute Gasteiger partial charge is 0.488 e. The van der Waals surface area contributed by atoms with Crippen molar-refractivity contribution in [1.29, 1.82) is 0 Å². The fourth-order valence-electron chi connectivity index (χ4n) is 2.62. The molecule has 0 spiro atoms. The Morgan fingerprint density at radius 1 is 0.923 bits per heavy atom. The van der Waals surface area contributed by atoms with E-state index < -0.39 is 0 Å². The third-order valence-corrected chi connectivity index (χ3v) is 5.03. The molecule has 0 aliphatic carbocycles. The summed E-state index contributed by atoms with van der Waals surface area (Å²) in [5.41, 5.74) is 3.88. The van der Waals surface area contributed by atoms with Gasteiger partial charge in [-0.2, -0.15) is 0 Å². The predicted octanol–water partition coefficient (Wildman–Crippen LogP) is 7.49. The topological polar surface area (TPSA) is 9.23 Å². The van der Waals surface area contributed by atoms with Gasteiger partial charge in [0.25, 0.3) is 0 Å². The van der Waals surface area contributed by atoms with Gasteiger partial charge in [0.15, 0.2) is 0 Å². The normalized spacial score (nSPS) is 12.6. The van der Waals surface area contributed by atoms with Crippen LogP contribution in [0.3, 0.4) is 0 Å². The minimum Gasteiger partial charge on any atom is -0.488 e. The van der Waals surface area contributed by atoms with E-state index in [1.54, 1.807) is 0 Å². The maximum absolute atomic E-state index is 6.09. The minimum absolute atomic E-state index is 0.195. The first kappa shape index (κ1) is 20.6. The molecule has 0 aromatic heterocycles. The van der Waals surface area contributed by atoms with Crippen LogP contribution < -0.4 is 4.74 Å². The molecule has 1 nitrogen and oxygen atoms in total. The van der Waals surface area contributed by atoms with Gasteiger partial charge in [0.1, 0.15) is 11.4 Å². The molecule has 2 rings (SSSR count). The molecule has 2 aromatic carbocycles. The Morgan fingerprint density at radius 3 is 2.12 bits per heavy atom. The van der Waals surface area contributed by atoms with Crippen LogP contribution in [-0.2, 0) is 11.2 Å². The Kier molecular flexibility index (Phi) is 6.63. The van der Waals surface area contributed by atoms with E-state index in [9.17, 15) is 0 Å². The molecular formula is C24H32OS. The standard InChI is InChI=1S/C24H32OS/c1-8-9-19-16-21(14-15-22(19)25-24(5,6)7)26-17-18-10-12-20(13-11-18)23(2,3)4/h8-16H,17H2,1-7H3/b9-8-. The Morgan fingerprint density at radius 2 is 1.58 bits per heavy atom. The van der Waals surface area contributed by atoms with Crippen LogP contribution >= 0.6 is 11.8 Å². The SMILES string of the molecule is C/C=C\c1cc(SCc2ccc(C(C)(C)C)cc2)ccc1OC(C)(C)C. The molecule has 0 heterocycles. The zero-order valence-electron chi connectivity index (χ0n) is 17.2. The zero-order chi connectivity index (χ0) is 19.4. The average Bonchev–Trinajstić information content (AvgIpc) is 2.53. The lowest BCUT2D eigenvalue weighted by Gasteiger charge is -2.23. The van der Waals surface area contributed by atoms with Crippen molar-refractivity contribution in [3.05, 3.63) is 65.2 Å². The number of ether oxygens (including phenoxy) is 1. The van der Waals surface area contributed by atoms with Crippen LogP contribution in [0, 0.1) is 0 Å². The highest BCUT2D eigenvalue weighted by molar-refractivity contribution is 7.98. The first-order valence-corrected chi connectivity index (χ1v) is 10.2. The number of hydrogen-bond acceptors (Lipinski definition) is 2. The van der Waals surface area contributed by atoms with E-state index in [4.69, 9.17) is 4.74 Å². The molecule has 0 aliphatic heterocycles.